The lowest BCUT2D eigenvalue weighted by Gasteiger charge is -1.97. The molecule has 0 atom stereocenters. The molecule has 5 heteroatoms. The minimum Gasteiger partial charge on any atom is -0.466 e. The Morgan fingerprint density at radius 3 is 3.08 bits per heavy atom. The van der Waals surface area contributed by atoms with E-state index < -0.39 is 0 Å². The van der Waals surface area contributed by atoms with Crippen molar-refractivity contribution in [2.24, 2.45) is 0 Å². The second-order valence-electron chi connectivity index (χ2n) is 2.15. The predicted molar refractivity (Wildman–Crippen MR) is 41.3 cm³/mol. The summed E-state index contributed by atoms with van der Waals surface area (Å²) in [6.45, 7) is 2.11. The highest BCUT2D eigenvalue weighted by Gasteiger charge is 2.07. The van der Waals surface area contributed by atoms with Crippen molar-refractivity contribution in [2.45, 2.75) is 13.3 Å². The molecule has 0 saturated carbocycles. The van der Waals surface area contributed by atoms with E-state index in [9.17, 15) is 4.79 Å². The molecule has 0 aromatic carbocycles. The van der Waals surface area contributed by atoms with Gasteiger partial charge >= 0.3 is 5.97 Å². The number of hydrogen-bond donors (Lipinski definition) is 1. The molecule has 0 amide bonds. The Labute approximate surface area is 69.5 Å². The van der Waals surface area contributed by atoms with E-state index in [2.05, 4.69) is 9.72 Å². The maximum atomic E-state index is 10.9. The smallest absolute Gasteiger partial charge is 0.313 e. The quantitative estimate of drug-likeness (QED) is 0.662. The van der Waals surface area contributed by atoms with Crippen LogP contribution in [-0.2, 0) is 16.0 Å². The van der Waals surface area contributed by atoms with Crippen molar-refractivity contribution in [3.05, 3.63) is 12.0 Å². The molecule has 0 spiro atoms. The van der Waals surface area contributed by atoms with Crippen LogP contribution in [0.25, 0.3) is 0 Å². The number of hydrogen-bond acceptors (Lipinski definition) is 5. The number of esters is 1. The molecule has 1 aromatic rings. The lowest BCUT2D eigenvalue weighted by Crippen LogP contribution is -2.06. The highest BCUT2D eigenvalue weighted by atomic mass is 16.5. The van der Waals surface area contributed by atoms with Crippen LogP contribution in [0.3, 0.4) is 0 Å². The van der Waals surface area contributed by atoms with Gasteiger partial charge in [0.15, 0.2) is 0 Å². The number of nitrogens with two attached hydrogens (primary N) is 1. The minimum absolute atomic E-state index is 0.0642. The molecule has 0 bridgehead atoms. The van der Waals surface area contributed by atoms with Gasteiger partial charge in [-0.15, -0.1) is 0 Å². The van der Waals surface area contributed by atoms with Crippen molar-refractivity contribution in [3.63, 3.8) is 0 Å². The first-order chi connectivity index (χ1) is 5.72. The van der Waals surface area contributed by atoms with Crippen molar-refractivity contribution in [3.8, 4) is 0 Å². The number of ether oxygens (including phenoxy) is 1. The lowest BCUT2D eigenvalue weighted by molar-refractivity contribution is -0.142. The zero-order chi connectivity index (χ0) is 8.97. The van der Waals surface area contributed by atoms with Gasteiger partial charge in [0, 0.05) is 0 Å². The van der Waals surface area contributed by atoms with Crippen molar-refractivity contribution >= 4 is 12.0 Å². The molecular weight excluding hydrogens is 160 g/mol. The summed E-state index contributed by atoms with van der Waals surface area (Å²) in [5, 5.41) is 0. The van der Waals surface area contributed by atoms with Gasteiger partial charge in [0.25, 0.3) is 6.01 Å². The molecule has 0 aliphatic heterocycles. The van der Waals surface area contributed by atoms with Gasteiger partial charge in [-0.25, -0.2) is 4.98 Å². The second-order valence-corrected chi connectivity index (χ2v) is 2.15. The third kappa shape index (κ3) is 2.26. The van der Waals surface area contributed by atoms with E-state index in [1.807, 2.05) is 0 Å². The van der Waals surface area contributed by atoms with Gasteiger partial charge in [-0.3, -0.25) is 4.79 Å². The summed E-state index contributed by atoms with van der Waals surface area (Å²) >= 11 is 0. The molecule has 2 N–H and O–H groups in total. The summed E-state index contributed by atoms with van der Waals surface area (Å²) in [7, 11) is 0. The standard InChI is InChI=1S/C7H10N2O3/c1-2-11-6(10)3-5-4-9-7(8)12-5/h4H,2-3H2,1H3,(H2,8,9). The van der Waals surface area contributed by atoms with E-state index in [-0.39, 0.29) is 18.4 Å². The normalized spacial score (nSPS) is 9.75. The minimum atomic E-state index is -0.339. The fourth-order valence-corrected chi connectivity index (χ4v) is 0.759. The monoisotopic (exact) mass is 170 g/mol. The predicted octanol–water partition coefficient (Wildman–Crippen LogP) is 0.362. The first-order valence-electron chi connectivity index (χ1n) is 3.58. The van der Waals surface area contributed by atoms with E-state index in [1.165, 1.54) is 6.20 Å². The van der Waals surface area contributed by atoms with Crippen LogP contribution < -0.4 is 5.73 Å². The number of aromatic nitrogens is 1. The van der Waals surface area contributed by atoms with Gasteiger partial charge in [-0.05, 0) is 6.92 Å². The summed E-state index contributed by atoms with van der Waals surface area (Å²) < 4.78 is 9.55. The van der Waals surface area contributed by atoms with Gasteiger partial charge in [0.05, 0.1) is 12.8 Å². The lowest BCUT2D eigenvalue weighted by atomic mass is 10.4. The average Bonchev–Trinajstić information content (AvgIpc) is 2.36. The summed E-state index contributed by atoms with van der Waals surface area (Å²) in [5.74, 6) is 0.0830. The fraction of sp³-hybridized carbons (Fsp3) is 0.429. The van der Waals surface area contributed by atoms with E-state index in [4.69, 9.17) is 10.2 Å². The number of anilines is 1. The van der Waals surface area contributed by atoms with Gasteiger partial charge in [-0.1, -0.05) is 0 Å². The Balaban J connectivity index is 2.46. The Morgan fingerprint density at radius 2 is 2.58 bits per heavy atom. The Kier molecular flexibility index (Phi) is 2.68. The molecule has 66 valence electrons. The average molecular weight is 170 g/mol. The SMILES string of the molecule is CCOC(=O)Cc1cnc(N)o1. The van der Waals surface area contributed by atoms with E-state index in [0.29, 0.717) is 12.4 Å². The molecule has 5 nitrogen and oxygen atoms in total. The molecule has 0 aliphatic rings. The van der Waals surface area contributed by atoms with Gasteiger partial charge in [-0.2, -0.15) is 0 Å². The Bertz CT molecular complexity index is 269. The summed E-state index contributed by atoms with van der Waals surface area (Å²) in [6.07, 6.45) is 1.49. The van der Waals surface area contributed by atoms with E-state index in [0.717, 1.165) is 0 Å². The molecule has 0 unspecified atom stereocenters. The number of carbonyl (C=O) groups excluding carboxylic acids is 1. The van der Waals surface area contributed by atoms with Crippen molar-refractivity contribution in [2.75, 3.05) is 12.3 Å². The largest absolute Gasteiger partial charge is 0.466 e. The van der Waals surface area contributed by atoms with Crippen molar-refractivity contribution in [1.29, 1.82) is 0 Å². The first kappa shape index (κ1) is 8.58. The Hall–Kier alpha value is -1.52. The third-order valence-corrected chi connectivity index (χ3v) is 1.20. The van der Waals surface area contributed by atoms with Crippen LogP contribution in [-0.4, -0.2) is 17.6 Å². The Morgan fingerprint density at radius 1 is 1.83 bits per heavy atom. The maximum absolute atomic E-state index is 10.9. The molecule has 0 saturated heterocycles. The molecule has 1 rings (SSSR count). The molecule has 1 heterocycles. The number of rotatable bonds is 3. The fourth-order valence-electron chi connectivity index (χ4n) is 0.759. The van der Waals surface area contributed by atoms with Crippen LogP contribution in [0.5, 0.6) is 0 Å². The third-order valence-electron chi connectivity index (χ3n) is 1.20. The maximum Gasteiger partial charge on any atom is 0.313 e. The highest BCUT2D eigenvalue weighted by Crippen LogP contribution is 2.05. The summed E-state index contributed by atoms with van der Waals surface area (Å²) in [6, 6.07) is 0.0642. The molecule has 1 aromatic heterocycles. The van der Waals surface area contributed by atoms with Crippen molar-refractivity contribution in [1.82, 2.24) is 4.98 Å². The molecular formula is C7H10N2O3. The topological polar surface area (TPSA) is 78.3 Å². The molecule has 0 aliphatic carbocycles. The highest BCUT2D eigenvalue weighted by molar-refractivity contribution is 5.71. The molecule has 12 heavy (non-hydrogen) atoms. The first-order valence-corrected chi connectivity index (χ1v) is 3.58. The van der Waals surface area contributed by atoms with Crippen LogP contribution in [0.4, 0.5) is 6.01 Å². The molecule has 0 radical (unpaired) electrons. The number of nitrogens with zero attached hydrogens (tertiary/aromatic N) is 1. The number of carbonyl (C=O) groups is 1. The zero-order valence-electron chi connectivity index (χ0n) is 6.74. The van der Waals surface area contributed by atoms with E-state index in [1.54, 1.807) is 6.92 Å². The van der Waals surface area contributed by atoms with Gasteiger partial charge in [0.1, 0.15) is 12.2 Å². The van der Waals surface area contributed by atoms with Gasteiger partial charge in [0.2, 0.25) is 0 Å². The number of oxazole rings is 1. The van der Waals surface area contributed by atoms with Crippen LogP contribution >= 0.6 is 0 Å². The van der Waals surface area contributed by atoms with Crippen LogP contribution in [0.1, 0.15) is 12.7 Å². The summed E-state index contributed by atoms with van der Waals surface area (Å²) in [5.41, 5.74) is 5.20. The number of nitrogen functional groups attached to an aromatic ring is 1. The van der Waals surface area contributed by atoms with Gasteiger partial charge < -0.3 is 14.9 Å². The molecule has 0 fully saturated rings. The van der Waals surface area contributed by atoms with Crippen LogP contribution in [0, 0.1) is 0 Å². The van der Waals surface area contributed by atoms with Crippen LogP contribution in [0.2, 0.25) is 0 Å². The summed E-state index contributed by atoms with van der Waals surface area (Å²) in [4.78, 5) is 14.5. The second kappa shape index (κ2) is 3.75. The van der Waals surface area contributed by atoms with Crippen molar-refractivity contribution < 1.29 is 13.9 Å². The van der Waals surface area contributed by atoms with Crippen LogP contribution in [0.15, 0.2) is 10.6 Å². The zero-order valence-corrected chi connectivity index (χ0v) is 6.74. The van der Waals surface area contributed by atoms with E-state index >= 15 is 0 Å².